The van der Waals surface area contributed by atoms with Crippen LogP contribution < -0.4 is 20.1 Å². The van der Waals surface area contributed by atoms with E-state index in [4.69, 9.17) is 9.47 Å². The molecule has 2 saturated carbocycles. The number of amides is 1. The van der Waals surface area contributed by atoms with Crippen molar-refractivity contribution < 1.29 is 19.4 Å². The maximum absolute atomic E-state index is 13.0. The van der Waals surface area contributed by atoms with Gasteiger partial charge in [0.2, 0.25) is 0 Å². The molecule has 1 amide bonds. The van der Waals surface area contributed by atoms with Crippen molar-refractivity contribution in [1.82, 2.24) is 10.2 Å². The zero-order valence-electron chi connectivity index (χ0n) is 24.3. The molecule has 1 aromatic carbocycles. The Hall–Kier alpha value is -1.99. The minimum atomic E-state index is -0.0964. The van der Waals surface area contributed by atoms with Crippen LogP contribution in [-0.2, 0) is 0 Å². The minimum absolute atomic E-state index is 0.0964. The van der Waals surface area contributed by atoms with Crippen molar-refractivity contribution in [3.63, 3.8) is 0 Å². The van der Waals surface area contributed by atoms with Gasteiger partial charge in [-0.3, -0.25) is 4.79 Å². The Morgan fingerprint density at radius 2 is 1.63 bits per heavy atom. The number of hydrogen-bond donors (Lipinski definition) is 3. The summed E-state index contributed by atoms with van der Waals surface area (Å²) in [5, 5.41) is 15.6. The van der Waals surface area contributed by atoms with Gasteiger partial charge in [0.1, 0.15) is 13.2 Å². The van der Waals surface area contributed by atoms with Gasteiger partial charge in [0.05, 0.1) is 11.3 Å². The van der Waals surface area contributed by atoms with Crippen LogP contribution in [0.25, 0.3) is 0 Å². The number of ether oxygens (including phenoxy) is 2. The fourth-order valence-corrected chi connectivity index (χ4v) is 5.06. The number of aryl methyl sites for hydroxylation is 1. The molecule has 216 valence electrons. The number of nitrogens with one attached hydrogen (secondary N) is 2. The highest BCUT2D eigenvalue weighted by Crippen LogP contribution is 2.42. The van der Waals surface area contributed by atoms with E-state index in [1.807, 2.05) is 20.0 Å². The molecule has 0 spiro atoms. The maximum atomic E-state index is 13.0. The van der Waals surface area contributed by atoms with Crippen LogP contribution in [-0.4, -0.2) is 69.0 Å². The third-order valence-electron chi connectivity index (χ3n) is 7.87. The predicted octanol–water partition coefficient (Wildman–Crippen LogP) is 5.78. The third kappa shape index (κ3) is 9.96. The molecule has 5 rings (SSSR count). The second-order valence-corrected chi connectivity index (χ2v) is 11.3. The summed E-state index contributed by atoms with van der Waals surface area (Å²) >= 11 is 0. The highest BCUT2D eigenvalue weighted by molar-refractivity contribution is 5.99. The molecule has 3 fully saturated rings. The number of benzene rings is 1. The van der Waals surface area contributed by atoms with Crippen LogP contribution in [0.4, 0.5) is 5.69 Å². The van der Waals surface area contributed by atoms with Crippen molar-refractivity contribution in [2.45, 2.75) is 90.9 Å². The normalized spacial score (nSPS) is 19.1. The fraction of sp³-hybridized carbons (Fsp3) is 0.774. The van der Waals surface area contributed by atoms with Gasteiger partial charge in [-0.05, 0) is 69.2 Å². The van der Waals surface area contributed by atoms with E-state index < -0.39 is 0 Å². The molecule has 0 bridgehead atoms. The van der Waals surface area contributed by atoms with Crippen LogP contribution in [0.3, 0.4) is 0 Å². The number of likely N-dealkylation sites (tertiary alicyclic amines) is 1. The molecule has 2 aliphatic heterocycles. The summed E-state index contributed by atoms with van der Waals surface area (Å²) in [4.78, 5) is 15.5. The molecule has 2 aliphatic carbocycles. The smallest absolute Gasteiger partial charge is 0.255 e. The zero-order valence-corrected chi connectivity index (χ0v) is 24.3. The van der Waals surface area contributed by atoms with Crippen LogP contribution in [0.1, 0.15) is 99.9 Å². The van der Waals surface area contributed by atoms with Crippen molar-refractivity contribution in [1.29, 1.82) is 0 Å². The highest BCUT2D eigenvalue weighted by atomic mass is 16.6. The molecule has 38 heavy (non-hydrogen) atoms. The van der Waals surface area contributed by atoms with Crippen LogP contribution in [0.15, 0.2) is 6.07 Å². The minimum Gasteiger partial charge on any atom is -0.485 e. The van der Waals surface area contributed by atoms with Gasteiger partial charge in [0.25, 0.3) is 5.91 Å². The summed E-state index contributed by atoms with van der Waals surface area (Å²) < 4.78 is 11.6. The first-order valence-electron chi connectivity index (χ1n) is 15.3. The first-order valence-corrected chi connectivity index (χ1v) is 15.3. The lowest BCUT2D eigenvalue weighted by atomic mass is 9.94. The SMILES string of the molecule is C1CC1.C1CCC1.CCCC(CCO)CN1CCC(CNC(=O)c2cc(C)c(NC)c3c2OCCO3)CC1. The number of carbonyl (C=O) groups excluding carboxylic acids is 1. The molecule has 7 nitrogen and oxygen atoms in total. The Labute approximate surface area is 231 Å². The van der Waals surface area contributed by atoms with Gasteiger partial charge in [-0.1, -0.05) is 58.3 Å². The number of carbonyl (C=O) groups is 1. The van der Waals surface area contributed by atoms with Crippen LogP contribution in [0.5, 0.6) is 11.5 Å². The molecule has 1 saturated heterocycles. The summed E-state index contributed by atoms with van der Waals surface area (Å²) in [5.41, 5.74) is 2.39. The second kappa shape index (κ2) is 16.9. The van der Waals surface area contributed by atoms with Gasteiger partial charge in [-0.25, -0.2) is 0 Å². The van der Waals surface area contributed by atoms with E-state index in [1.165, 1.54) is 57.8 Å². The zero-order chi connectivity index (χ0) is 27.2. The summed E-state index contributed by atoms with van der Waals surface area (Å²) in [6.45, 7) is 9.29. The average Bonchev–Trinajstić information content (AvgIpc) is 3.77. The summed E-state index contributed by atoms with van der Waals surface area (Å²) in [6.07, 6.45) is 15.9. The van der Waals surface area contributed by atoms with E-state index in [0.29, 0.717) is 48.7 Å². The molecule has 1 unspecified atom stereocenters. The van der Waals surface area contributed by atoms with E-state index >= 15 is 0 Å². The Bertz CT molecular complexity index is 820. The number of hydrogen-bond acceptors (Lipinski definition) is 6. The van der Waals surface area contributed by atoms with Crippen LogP contribution in [0.2, 0.25) is 0 Å². The number of aliphatic hydroxyl groups excluding tert-OH is 1. The molecule has 3 N–H and O–H groups in total. The molecular formula is C31H53N3O4. The molecule has 2 heterocycles. The Kier molecular flexibility index (Phi) is 13.6. The summed E-state index contributed by atoms with van der Waals surface area (Å²) in [5.74, 6) is 2.16. The lowest BCUT2D eigenvalue weighted by Gasteiger charge is -2.34. The number of aliphatic hydroxyl groups is 1. The van der Waals surface area contributed by atoms with Crippen molar-refractivity contribution in [3.8, 4) is 11.5 Å². The summed E-state index contributed by atoms with van der Waals surface area (Å²) in [6, 6.07) is 1.88. The van der Waals surface area contributed by atoms with Gasteiger partial charge in [0.15, 0.2) is 11.5 Å². The molecular weight excluding hydrogens is 478 g/mol. The molecule has 1 atom stereocenters. The first kappa shape index (κ1) is 30.6. The lowest BCUT2D eigenvalue weighted by Crippen LogP contribution is -2.40. The number of piperidine rings is 1. The third-order valence-corrected chi connectivity index (χ3v) is 7.87. The van der Waals surface area contributed by atoms with Crippen molar-refractivity contribution in [2.75, 3.05) is 58.4 Å². The molecule has 4 aliphatic rings. The first-order chi connectivity index (χ1) is 18.6. The quantitative estimate of drug-likeness (QED) is 0.355. The topological polar surface area (TPSA) is 83.1 Å². The number of anilines is 1. The number of fused-ring (bicyclic) bond motifs is 1. The van der Waals surface area contributed by atoms with Gasteiger partial charge in [-0.15, -0.1) is 0 Å². The summed E-state index contributed by atoms with van der Waals surface area (Å²) in [7, 11) is 1.85. The van der Waals surface area contributed by atoms with Gasteiger partial charge in [0, 0.05) is 26.7 Å². The lowest BCUT2D eigenvalue weighted by molar-refractivity contribution is 0.0920. The van der Waals surface area contributed by atoms with Gasteiger partial charge >= 0.3 is 0 Å². The van der Waals surface area contributed by atoms with Crippen molar-refractivity contribution >= 4 is 11.6 Å². The average molecular weight is 532 g/mol. The van der Waals surface area contributed by atoms with Crippen LogP contribution in [0, 0.1) is 18.8 Å². The number of nitrogens with zero attached hydrogens (tertiary/aromatic N) is 1. The maximum Gasteiger partial charge on any atom is 0.255 e. The predicted molar refractivity (Wildman–Crippen MR) is 156 cm³/mol. The molecule has 0 aromatic heterocycles. The van der Waals surface area contributed by atoms with E-state index in [0.717, 1.165) is 50.1 Å². The molecule has 0 radical (unpaired) electrons. The van der Waals surface area contributed by atoms with Crippen LogP contribution >= 0.6 is 0 Å². The van der Waals surface area contributed by atoms with E-state index in [2.05, 4.69) is 22.5 Å². The Morgan fingerprint density at radius 1 is 1.03 bits per heavy atom. The largest absolute Gasteiger partial charge is 0.485 e. The van der Waals surface area contributed by atoms with E-state index in [-0.39, 0.29) is 12.5 Å². The van der Waals surface area contributed by atoms with Gasteiger partial charge < -0.3 is 30.1 Å². The molecule has 7 heteroatoms. The monoisotopic (exact) mass is 531 g/mol. The van der Waals surface area contributed by atoms with Gasteiger partial charge in [-0.2, -0.15) is 0 Å². The number of rotatable bonds is 10. The molecule has 1 aromatic rings. The van der Waals surface area contributed by atoms with E-state index in [1.54, 1.807) is 0 Å². The standard InChI is InChI=1S/C24H39N3O4.C4H8.C3H6/c1-4-5-19(8-11-28)16-27-9-6-18(7-10-27)15-26-24(29)20-14-17(2)21(25-3)23-22(20)30-12-13-31-23;1-2-4-3-1;1-2-3-1/h14,18-19,25,28H,4-13,15-16H2,1-3H3,(H,26,29);1-4H2;1-3H2. The van der Waals surface area contributed by atoms with E-state index in [9.17, 15) is 9.90 Å². The second-order valence-electron chi connectivity index (χ2n) is 11.3. The van der Waals surface area contributed by atoms with Crippen molar-refractivity contribution in [2.24, 2.45) is 11.8 Å². The Balaban J connectivity index is 0.000000492. The Morgan fingerprint density at radius 3 is 2.16 bits per heavy atom. The fourth-order valence-electron chi connectivity index (χ4n) is 5.06. The van der Waals surface area contributed by atoms with Crippen molar-refractivity contribution in [3.05, 3.63) is 17.2 Å². The highest BCUT2D eigenvalue weighted by Gasteiger charge is 2.27.